The van der Waals surface area contributed by atoms with Crippen molar-refractivity contribution in [2.75, 3.05) is 13.7 Å². The van der Waals surface area contributed by atoms with E-state index in [4.69, 9.17) is 9.47 Å². The first-order valence-electron chi connectivity index (χ1n) is 6.67. The summed E-state index contributed by atoms with van der Waals surface area (Å²) in [6.45, 7) is 0.153. The number of fused-ring (bicyclic) bond motifs is 1. The molecule has 2 aromatic carbocycles. The Balaban J connectivity index is 2.00. The van der Waals surface area contributed by atoms with Crippen LogP contribution in [0.4, 0.5) is 0 Å². The minimum absolute atomic E-state index is 0.117. The predicted molar refractivity (Wildman–Crippen MR) is 80.6 cm³/mol. The summed E-state index contributed by atoms with van der Waals surface area (Å²) in [6.07, 6.45) is 1.61. The van der Waals surface area contributed by atoms with Gasteiger partial charge in [-0.2, -0.15) is 0 Å². The lowest BCUT2D eigenvalue weighted by molar-refractivity contribution is 0.100. The van der Waals surface area contributed by atoms with Crippen molar-refractivity contribution in [1.29, 1.82) is 0 Å². The van der Waals surface area contributed by atoms with Crippen LogP contribution in [0.5, 0.6) is 23.0 Å². The van der Waals surface area contributed by atoms with E-state index in [2.05, 4.69) is 0 Å². The van der Waals surface area contributed by atoms with E-state index in [1.54, 1.807) is 24.3 Å². The number of hydrogen-bond donors (Lipinski definition) is 2. The summed E-state index contributed by atoms with van der Waals surface area (Å²) >= 11 is 0. The second-order valence-electron chi connectivity index (χ2n) is 4.87. The SMILES string of the molecule is COc1cc(C=C2COc3ccccc3C2=O)cc(O)c1O. The lowest BCUT2D eigenvalue weighted by atomic mass is 9.98. The van der Waals surface area contributed by atoms with Gasteiger partial charge in [-0.15, -0.1) is 0 Å². The fourth-order valence-electron chi connectivity index (χ4n) is 2.34. The second-order valence-corrected chi connectivity index (χ2v) is 4.87. The van der Waals surface area contributed by atoms with Gasteiger partial charge in [0.05, 0.1) is 12.7 Å². The molecule has 0 aliphatic carbocycles. The summed E-state index contributed by atoms with van der Waals surface area (Å²) in [4.78, 5) is 12.4. The van der Waals surface area contributed by atoms with E-state index in [1.807, 2.05) is 6.07 Å². The largest absolute Gasteiger partial charge is 0.504 e. The van der Waals surface area contributed by atoms with E-state index < -0.39 is 0 Å². The van der Waals surface area contributed by atoms with Crippen LogP contribution < -0.4 is 9.47 Å². The van der Waals surface area contributed by atoms with Gasteiger partial charge in [0.25, 0.3) is 0 Å². The highest BCUT2D eigenvalue weighted by Crippen LogP contribution is 2.37. The Labute approximate surface area is 127 Å². The fraction of sp³-hybridized carbons (Fsp3) is 0.118. The standard InChI is InChI=1S/C17H14O5/c1-21-15-8-10(7-13(18)17(15)20)6-11-9-22-14-5-3-2-4-12(14)16(11)19/h2-8,18,20H,9H2,1H3. The van der Waals surface area contributed by atoms with Gasteiger partial charge in [0.2, 0.25) is 5.75 Å². The Hall–Kier alpha value is -2.95. The zero-order chi connectivity index (χ0) is 15.7. The molecule has 1 aliphatic rings. The van der Waals surface area contributed by atoms with Crippen LogP contribution >= 0.6 is 0 Å². The zero-order valence-electron chi connectivity index (χ0n) is 11.9. The number of Topliss-reactive ketones (excluding diaryl/α,β-unsaturated/α-hetero) is 1. The van der Waals surface area contributed by atoms with Gasteiger partial charge in [0.1, 0.15) is 12.4 Å². The number of benzene rings is 2. The molecule has 112 valence electrons. The summed E-state index contributed by atoms with van der Waals surface area (Å²) in [6, 6.07) is 9.94. The zero-order valence-corrected chi connectivity index (χ0v) is 11.9. The van der Waals surface area contributed by atoms with Crippen molar-refractivity contribution >= 4 is 11.9 Å². The highest BCUT2D eigenvalue weighted by Gasteiger charge is 2.23. The topological polar surface area (TPSA) is 76.0 Å². The average molecular weight is 298 g/mol. The van der Waals surface area contributed by atoms with Crippen molar-refractivity contribution in [2.24, 2.45) is 0 Å². The summed E-state index contributed by atoms with van der Waals surface area (Å²) < 4.78 is 10.5. The van der Waals surface area contributed by atoms with Crippen molar-refractivity contribution in [3.63, 3.8) is 0 Å². The van der Waals surface area contributed by atoms with Gasteiger partial charge in [0, 0.05) is 5.57 Å². The van der Waals surface area contributed by atoms with Crippen molar-refractivity contribution in [3.05, 3.63) is 53.1 Å². The summed E-state index contributed by atoms with van der Waals surface area (Å²) in [5.41, 5.74) is 1.51. The fourth-order valence-corrected chi connectivity index (χ4v) is 2.34. The number of rotatable bonds is 2. The summed E-state index contributed by atoms with van der Waals surface area (Å²) in [7, 11) is 1.39. The van der Waals surface area contributed by atoms with Crippen molar-refractivity contribution < 1.29 is 24.5 Å². The molecule has 0 unspecified atom stereocenters. The number of phenolic OH excluding ortho intramolecular Hbond substituents is 2. The number of para-hydroxylation sites is 1. The summed E-state index contributed by atoms with van der Waals surface area (Å²) in [5.74, 6) is -0.0578. The van der Waals surface area contributed by atoms with E-state index in [0.29, 0.717) is 22.4 Å². The van der Waals surface area contributed by atoms with Gasteiger partial charge < -0.3 is 19.7 Å². The smallest absolute Gasteiger partial charge is 0.200 e. The van der Waals surface area contributed by atoms with Gasteiger partial charge in [-0.25, -0.2) is 0 Å². The molecule has 0 aromatic heterocycles. The Bertz CT molecular complexity index is 777. The molecule has 1 aliphatic heterocycles. The maximum absolute atomic E-state index is 12.4. The molecule has 2 N–H and O–H groups in total. The van der Waals surface area contributed by atoms with Gasteiger partial charge in [-0.3, -0.25) is 4.79 Å². The monoisotopic (exact) mass is 298 g/mol. The minimum Gasteiger partial charge on any atom is -0.504 e. The molecule has 0 saturated carbocycles. The van der Waals surface area contributed by atoms with E-state index in [0.717, 1.165) is 0 Å². The van der Waals surface area contributed by atoms with Crippen LogP contribution in [-0.4, -0.2) is 29.7 Å². The maximum atomic E-state index is 12.4. The Morgan fingerprint density at radius 1 is 1.23 bits per heavy atom. The molecule has 0 radical (unpaired) electrons. The number of aromatic hydroxyl groups is 2. The summed E-state index contributed by atoms with van der Waals surface area (Å²) in [5, 5.41) is 19.3. The minimum atomic E-state index is -0.332. The third-order valence-corrected chi connectivity index (χ3v) is 3.44. The third-order valence-electron chi connectivity index (χ3n) is 3.44. The first-order chi connectivity index (χ1) is 10.6. The molecule has 3 rings (SSSR count). The molecule has 0 amide bonds. The van der Waals surface area contributed by atoms with E-state index in [1.165, 1.54) is 19.2 Å². The molecule has 0 spiro atoms. The van der Waals surface area contributed by atoms with Gasteiger partial charge in [-0.1, -0.05) is 12.1 Å². The van der Waals surface area contributed by atoms with Crippen LogP contribution in [0.2, 0.25) is 0 Å². The molecule has 2 aromatic rings. The van der Waals surface area contributed by atoms with Crippen molar-refractivity contribution in [2.45, 2.75) is 0 Å². The Morgan fingerprint density at radius 3 is 2.77 bits per heavy atom. The average Bonchev–Trinajstić information content (AvgIpc) is 2.53. The molecule has 5 nitrogen and oxygen atoms in total. The van der Waals surface area contributed by atoms with E-state index in [-0.39, 0.29) is 29.6 Å². The van der Waals surface area contributed by atoms with Crippen molar-refractivity contribution in [1.82, 2.24) is 0 Å². The van der Waals surface area contributed by atoms with Gasteiger partial charge >= 0.3 is 0 Å². The first kappa shape index (κ1) is 14.0. The van der Waals surface area contributed by atoms with Crippen LogP contribution in [0, 0.1) is 0 Å². The quantitative estimate of drug-likeness (QED) is 0.658. The molecular weight excluding hydrogens is 284 g/mol. The molecule has 5 heteroatoms. The van der Waals surface area contributed by atoms with Gasteiger partial charge in [0.15, 0.2) is 17.3 Å². The molecule has 0 fully saturated rings. The van der Waals surface area contributed by atoms with Crippen molar-refractivity contribution in [3.8, 4) is 23.0 Å². The number of hydrogen-bond acceptors (Lipinski definition) is 5. The number of methoxy groups -OCH3 is 1. The normalized spacial score (nSPS) is 15.3. The van der Waals surface area contributed by atoms with Gasteiger partial charge in [-0.05, 0) is 35.9 Å². The van der Waals surface area contributed by atoms with Crippen LogP contribution in [0.25, 0.3) is 6.08 Å². The Morgan fingerprint density at radius 2 is 2.00 bits per heavy atom. The highest BCUT2D eigenvalue weighted by molar-refractivity contribution is 6.14. The maximum Gasteiger partial charge on any atom is 0.200 e. The molecular formula is C17H14O5. The van der Waals surface area contributed by atoms with Crippen LogP contribution in [0.15, 0.2) is 42.0 Å². The molecule has 0 bridgehead atoms. The predicted octanol–water partition coefficient (Wildman–Crippen LogP) is 2.77. The van der Waals surface area contributed by atoms with Crippen LogP contribution in [-0.2, 0) is 0 Å². The number of phenols is 2. The lowest BCUT2D eigenvalue weighted by Gasteiger charge is -2.18. The lowest BCUT2D eigenvalue weighted by Crippen LogP contribution is -2.18. The van der Waals surface area contributed by atoms with E-state index in [9.17, 15) is 15.0 Å². The second kappa shape index (κ2) is 5.44. The number of ether oxygens (including phenoxy) is 2. The van der Waals surface area contributed by atoms with E-state index >= 15 is 0 Å². The Kier molecular flexibility index (Phi) is 3.47. The first-order valence-corrected chi connectivity index (χ1v) is 6.67. The molecule has 0 atom stereocenters. The number of carbonyl (C=O) groups excluding carboxylic acids is 1. The molecule has 22 heavy (non-hydrogen) atoms. The number of ketones is 1. The van der Waals surface area contributed by atoms with Crippen LogP contribution in [0.1, 0.15) is 15.9 Å². The number of carbonyl (C=O) groups is 1. The molecule has 0 saturated heterocycles. The van der Waals surface area contributed by atoms with Crippen LogP contribution in [0.3, 0.4) is 0 Å². The third kappa shape index (κ3) is 2.37. The highest BCUT2D eigenvalue weighted by atomic mass is 16.5. The molecule has 1 heterocycles.